The standard InChI is InChI=1S/C10H14O3/c11-9-5-4-6-7(9)2-1-3-8(6)10(12)13/h3,6-7,9,11H,1-2,4-5H2,(H,12,13)/t6-,7-,9+/m0/s1. The Kier molecular flexibility index (Phi) is 2.12. The van der Waals surface area contributed by atoms with Crippen molar-refractivity contribution in [1.29, 1.82) is 0 Å². The number of carboxylic acids is 1. The summed E-state index contributed by atoms with van der Waals surface area (Å²) in [6, 6.07) is 0. The van der Waals surface area contributed by atoms with Crippen molar-refractivity contribution >= 4 is 5.97 Å². The van der Waals surface area contributed by atoms with Gasteiger partial charge in [-0.25, -0.2) is 4.79 Å². The fraction of sp³-hybridized carbons (Fsp3) is 0.700. The Morgan fingerprint density at radius 1 is 1.38 bits per heavy atom. The lowest BCUT2D eigenvalue weighted by Gasteiger charge is -2.26. The molecule has 0 amide bonds. The Labute approximate surface area is 77.1 Å². The van der Waals surface area contributed by atoms with Gasteiger partial charge in [0.2, 0.25) is 0 Å². The molecule has 2 rings (SSSR count). The van der Waals surface area contributed by atoms with Crippen LogP contribution >= 0.6 is 0 Å². The van der Waals surface area contributed by atoms with Gasteiger partial charge in [-0.3, -0.25) is 0 Å². The van der Waals surface area contributed by atoms with Gasteiger partial charge < -0.3 is 10.2 Å². The highest BCUT2D eigenvalue weighted by molar-refractivity contribution is 5.87. The molecule has 0 bridgehead atoms. The van der Waals surface area contributed by atoms with Crippen LogP contribution in [0.25, 0.3) is 0 Å². The summed E-state index contributed by atoms with van der Waals surface area (Å²) in [5.74, 6) is -0.485. The largest absolute Gasteiger partial charge is 0.478 e. The van der Waals surface area contributed by atoms with Gasteiger partial charge in [0, 0.05) is 5.57 Å². The lowest BCUT2D eigenvalue weighted by Crippen LogP contribution is -2.25. The predicted octanol–water partition coefficient (Wildman–Crippen LogP) is 1.18. The summed E-state index contributed by atoms with van der Waals surface area (Å²) < 4.78 is 0. The number of fused-ring (bicyclic) bond motifs is 1. The molecule has 3 atom stereocenters. The molecule has 0 aliphatic heterocycles. The molecule has 0 heterocycles. The van der Waals surface area contributed by atoms with Gasteiger partial charge >= 0.3 is 5.97 Å². The topological polar surface area (TPSA) is 57.5 Å². The molecule has 2 N–H and O–H groups in total. The number of carboxylic acid groups (broad SMARTS) is 1. The lowest BCUT2D eigenvalue weighted by atomic mass is 9.80. The highest BCUT2D eigenvalue weighted by Gasteiger charge is 2.40. The summed E-state index contributed by atoms with van der Waals surface area (Å²) in [5, 5.41) is 18.5. The average molecular weight is 182 g/mol. The number of hydrogen-bond acceptors (Lipinski definition) is 2. The molecular formula is C10H14O3. The first kappa shape index (κ1) is 8.75. The van der Waals surface area contributed by atoms with E-state index in [0.29, 0.717) is 5.57 Å². The van der Waals surface area contributed by atoms with E-state index in [-0.39, 0.29) is 17.9 Å². The Morgan fingerprint density at radius 3 is 2.85 bits per heavy atom. The molecule has 0 aromatic carbocycles. The number of allylic oxidation sites excluding steroid dienone is 1. The van der Waals surface area contributed by atoms with E-state index in [2.05, 4.69) is 0 Å². The number of carbonyl (C=O) groups is 1. The molecule has 0 radical (unpaired) electrons. The minimum absolute atomic E-state index is 0.112. The Morgan fingerprint density at radius 2 is 2.15 bits per heavy atom. The maximum atomic E-state index is 10.9. The van der Waals surface area contributed by atoms with Crippen LogP contribution < -0.4 is 0 Å². The van der Waals surface area contributed by atoms with Gasteiger partial charge in [0.05, 0.1) is 6.10 Å². The van der Waals surface area contributed by atoms with Crippen LogP contribution in [0.15, 0.2) is 11.6 Å². The van der Waals surface area contributed by atoms with E-state index in [0.717, 1.165) is 25.7 Å². The number of rotatable bonds is 1. The van der Waals surface area contributed by atoms with Gasteiger partial charge in [0.1, 0.15) is 0 Å². The molecule has 0 aromatic rings. The first-order valence-electron chi connectivity index (χ1n) is 4.81. The number of aliphatic carboxylic acids is 1. The van der Waals surface area contributed by atoms with Gasteiger partial charge in [-0.05, 0) is 37.5 Å². The maximum absolute atomic E-state index is 10.9. The molecule has 0 unspecified atom stereocenters. The molecule has 2 aliphatic carbocycles. The molecule has 1 saturated carbocycles. The predicted molar refractivity (Wildman–Crippen MR) is 47.2 cm³/mol. The van der Waals surface area contributed by atoms with Crippen LogP contribution in [0.5, 0.6) is 0 Å². The third-order valence-electron chi connectivity index (χ3n) is 3.30. The molecule has 3 heteroatoms. The monoisotopic (exact) mass is 182 g/mol. The van der Waals surface area contributed by atoms with Gasteiger partial charge in [0.15, 0.2) is 0 Å². The molecule has 1 fully saturated rings. The molecule has 0 spiro atoms. The van der Waals surface area contributed by atoms with Crippen LogP contribution in [0.3, 0.4) is 0 Å². The third kappa shape index (κ3) is 1.37. The van der Waals surface area contributed by atoms with Crippen LogP contribution in [0.4, 0.5) is 0 Å². The summed E-state index contributed by atoms with van der Waals surface area (Å²) in [4.78, 5) is 10.9. The van der Waals surface area contributed by atoms with E-state index in [1.54, 1.807) is 0 Å². The summed E-state index contributed by atoms with van der Waals surface area (Å²) in [5.41, 5.74) is 0.535. The Balaban J connectivity index is 2.22. The molecule has 72 valence electrons. The third-order valence-corrected chi connectivity index (χ3v) is 3.30. The zero-order valence-corrected chi connectivity index (χ0v) is 7.44. The van der Waals surface area contributed by atoms with Crippen LogP contribution in [-0.2, 0) is 4.79 Å². The van der Waals surface area contributed by atoms with Crippen molar-refractivity contribution in [2.24, 2.45) is 11.8 Å². The summed E-state index contributed by atoms with van der Waals surface area (Å²) in [6.07, 6.45) is 4.90. The van der Waals surface area contributed by atoms with Crippen molar-refractivity contribution in [2.45, 2.75) is 31.8 Å². The minimum atomic E-state index is -0.802. The van der Waals surface area contributed by atoms with Crippen LogP contribution in [0.2, 0.25) is 0 Å². The minimum Gasteiger partial charge on any atom is -0.478 e. The fourth-order valence-corrected chi connectivity index (χ4v) is 2.65. The molecule has 13 heavy (non-hydrogen) atoms. The molecule has 0 saturated heterocycles. The average Bonchev–Trinajstić information content (AvgIpc) is 2.48. The van der Waals surface area contributed by atoms with E-state index in [1.807, 2.05) is 6.08 Å². The van der Waals surface area contributed by atoms with Crippen LogP contribution in [0, 0.1) is 11.8 Å². The molecular weight excluding hydrogens is 168 g/mol. The van der Waals surface area contributed by atoms with Crippen LogP contribution in [0.1, 0.15) is 25.7 Å². The number of hydrogen-bond donors (Lipinski definition) is 2. The highest BCUT2D eigenvalue weighted by Crippen LogP contribution is 2.42. The van der Waals surface area contributed by atoms with E-state index in [1.165, 1.54) is 0 Å². The normalized spacial score (nSPS) is 38.2. The first-order chi connectivity index (χ1) is 6.20. The zero-order chi connectivity index (χ0) is 9.42. The van der Waals surface area contributed by atoms with Crippen molar-refractivity contribution in [1.82, 2.24) is 0 Å². The number of aliphatic hydroxyl groups excluding tert-OH is 1. The van der Waals surface area contributed by atoms with Gasteiger partial charge in [-0.1, -0.05) is 6.08 Å². The second-order valence-corrected chi connectivity index (χ2v) is 3.96. The van der Waals surface area contributed by atoms with E-state index < -0.39 is 5.97 Å². The summed E-state index contributed by atoms with van der Waals surface area (Å²) in [6.45, 7) is 0. The molecule has 2 aliphatic rings. The smallest absolute Gasteiger partial charge is 0.331 e. The van der Waals surface area contributed by atoms with E-state index in [9.17, 15) is 9.90 Å². The lowest BCUT2D eigenvalue weighted by molar-refractivity contribution is -0.133. The van der Waals surface area contributed by atoms with Gasteiger partial charge in [-0.2, -0.15) is 0 Å². The second kappa shape index (κ2) is 3.14. The fourth-order valence-electron chi connectivity index (χ4n) is 2.65. The van der Waals surface area contributed by atoms with Crippen molar-refractivity contribution in [3.63, 3.8) is 0 Å². The molecule has 3 nitrogen and oxygen atoms in total. The SMILES string of the molecule is O=C(O)C1=CCC[C@@H]2[C@H](O)CC[C@H]12. The zero-order valence-electron chi connectivity index (χ0n) is 7.44. The van der Waals surface area contributed by atoms with E-state index in [4.69, 9.17) is 5.11 Å². The van der Waals surface area contributed by atoms with Crippen molar-refractivity contribution in [3.8, 4) is 0 Å². The van der Waals surface area contributed by atoms with Crippen molar-refractivity contribution in [3.05, 3.63) is 11.6 Å². The maximum Gasteiger partial charge on any atom is 0.331 e. The quantitative estimate of drug-likeness (QED) is 0.640. The van der Waals surface area contributed by atoms with Crippen molar-refractivity contribution < 1.29 is 15.0 Å². The van der Waals surface area contributed by atoms with Gasteiger partial charge in [-0.15, -0.1) is 0 Å². The van der Waals surface area contributed by atoms with Crippen molar-refractivity contribution in [2.75, 3.05) is 0 Å². The number of aliphatic hydroxyl groups is 1. The summed E-state index contributed by atoms with van der Waals surface area (Å²) in [7, 11) is 0. The Hall–Kier alpha value is -0.830. The first-order valence-corrected chi connectivity index (χ1v) is 4.81. The van der Waals surface area contributed by atoms with E-state index >= 15 is 0 Å². The molecule has 0 aromatic heterocycles. The van der Waals surface area contributed by atoms with Gasteiger partial charge in [0.25, 0.3) is 0 Å². The van der Waals surface area contributed by atoms with Crippen LogP contribution in [-0.4, -0.2) is 22.3 Å². The second-order valence-electron chi connectivity index (χ2n) is 3.96. The summed E-state index contributed by atoms with van der Waals surface area (Å²) >= 11 is 0. The Bertz CT molecular complexity index is 257. The highest BCUT2D eigenvalue weighted by atomic mass is 16.4.